The Kier molecular flexibility index (Phi) is 6.43. The molecule has 30 heavy (non-hydrogen) atoms. The Morgan fingerprint density at radius 1 is 0.833 bits per heavy atom. The van der Waals surface area contributed by atoms with Crippen molar-refractivity contribution in [3.8, 4) is 0 Å². The van der Waals surface area contributed by atoms with Crippen molar-refractivity contribution < 1.29 is 18.0 Å². The van der Waals surface area contributed by atoms with Crippen LogP contribution in [0.15, 0.2) is 29.2 Å². The number of piperidine rings is 1. The summed E-state index contributed by atoms with van der Waals surface area (Å²) in [5.41, 5.74) is 0.491. The van der Waals surface area contributed by atoms with Gasteiger partial charge in [-0.1, -0.05) is 12.8 Å². The second-order valence-corrected chi connectivity index (χ2v) is 10.6. The Morgan fingerprint density at radius 2 is 1.43 bits per heavy atom. The van der Waals surface area contributed by atoms with Crippen molar-refractivity contribution in [1.82, 2.24) is 14.5 Å². The van der Waals surface area contributed by atoms with Gasteiger partial charge in [0.15, 0.2) is 0 Å². The van der Waals surface area contributed by atoms with Gasteiger partial charge in [-0.15, -0.1) is 0 Å². The number of carbonyl (C=O) groups is 2. The Hall–Kier alpha value is -1.93. The highest BCUT2D eigenvalue weighted by atomic mass is 32.2. The molecule has 3 fully saturated rings. The average Bonchev–Trinajstić information content (AvgIpc) is 3.60. The van der Waals surface area contributed by atoms with E-state index >= 15 is 0 Å². The molecule has 0 bridgehead atoms. The van der Waals surface area contributed by atoms with Crippen molar-refractivity contribution in [2.24, 2.45) is 5.92 Å². The lowest BCUT2D eigenvalue weighted by molar-refractivity contribution is -0.126. The summed E-state index contributed by atoms with van der Waals surface area (Å²) in [5.74, 6) is -0.00163. The van der Waals surface area contributed by atoms with Gasteiger partial charge in [-0.25, -0.2) is 8.42 Å². The van der Waals surface area contributed by atoms with E-state index in [1.54, 1.807) is 33.5 Å². The molecular formula is C22H31N3O4S. The fourth-order valence-electron chi connectivity index (χ4n) is 4.27. The minimum absolute atomic E-state index is 0.0178. The third-order valence-electron chi connectivity index (χ3n) is 6.38. The molecule has 8 heteroatoms. The van der Waals surface area contributed by atoms with Crippen LogP contribution in [0.4, 0.5) is 0 Å². The Morgan fingerprint density at radius 3 is 2.00 bits per heavy atom. The minimum Gasteiger partial charge on any atom is -0.353 e. The third-order valence-corrected chi connectivity index (χ3v) is 8.29. The van der Waals surface area contributed by atoms with Gasteiger partial charge in [0.1, 0.15) is 0 Å². The first-order chi connectivity index (χ1) is 14.4. The predicted octanol–water partition coefficient (Wildman–Crippen LogP) is 2.38. The molecule has 1 saturated carbocycles. The van der Waals surface area contributed by atoms with Crippen LogP contribution < -0.4 is 5.32 Å². The van der Waals surface area contributed by atoms with Crippen LogP contribution in [0.25, 0.3) is 0 Å². The molecule has 4 rings (SSSR count). The van der Waals surface area contributed by atoms with Crippen LogP contribution >= 0.6 is 0 Å². The summed E-state index contributed by atoms with van der Waals surface area (Å²) in [5, 5.41) is 3.05. The Labute approximate surface area is 178 Å². The van der Waals surface area contributed by atoms with E-state index in [1.807, 2.05) is 0 Å². The summed E-state index contributed by atoms with van der Waals surface area (Å²) in [4.78, 5) is 27.1. The summed E-state index contributed by atoms with van der Waals surface area (Å²) >= 11 is 0. The third kappa shape index (κ3) is 4.86. The maximum atomic E-state index is 12.9. The number of nitrogens with one attached hydrogen (secondary N) is 1. The van der Waals surface area contributed by atoms with E-state index in [0.717, 1.165) is 38.5 Å². The van der Waals surface area contributed by atoms with Crippen LogP contribution in [-0.4, -0.2) is 61.7 Å². The molecule has 2 aliphatic heterocycles. The summed E-state index contributed by atoms with van der Waals surface area (Å²) in [6.45, 7) is 2.23. The summed E-state index contributed by atoms with van der Waals surface area (Å²) in [6, 6.07) is 6.67. The number of likely N-dealkylation sites (tertiary alicyclic amines) is 1. The van der Waals surface area contributed by atoms with Crippen molar-refractivity contribution in [3.63, 3.8) is 0 Å². The highest BCUT2D eigenvalue weighted by Crippen LogP contribution is 2.24. The molecule has 3 aliphatic rings. The fraction of sp³-hybridized carbons (Fsp3) is 0.636. The molecule has 0 unspecified atom stereocenters. The van der Waals surface area contributed by atoms with Crippen molar-refractivity contribution in [2.75, 3.05) is 26.2 Å². The van der Waals surface area contributed by atoms with E-state index in [4.69, 9.17) is 0 Å². The lowest BCUT2D eigenvalue weighted by Gasteiger charge is -2.31. The summed E-state index contributed by atoms with van der Waals surface area (Å²) in [6.07, 6.45) is 7.42. The second-order valence-electron chi connectivity index (χ2n) is 8.69. The molecule has 164 valence electrons. The molecule has 2 amide bonds. The maximum Gasteiger partial charge on any atom is 0.253 e. The van der Waals surface area contributed by atoms with Gasteiger partial charge in [0.25, 0.3) is 5.91 Å². The highest BCUT2D eigenvalue weighted by molar-refractivity contribution is 7.89. The highest BCUT2D eigenvalue weighted by Gasteiger charge is 2.31. The second kappa shape index (κ2) is 9.06. The molecule has 0 spiro atoms. The molecule has 2 saturated heterocycles. The maximum absolute atomic E-state index is 12.9. The normalized spacial score (nSPS) is 21.8. The van der Waals surface area contributed by atoms with E-state index in [0.29, 0.717) is 50.6 Å². The predicted molar refractivity (Wildman–Crippen MR) is 113 cm³/mol. The Bertz CT molecular complexity index is 864. The first kappa shape index (κ1) is 21.3. The summed E-state index contributed by atoms with van der Waals surface area (Å²) in [7, 11) is -3.51. The topological polar surface area (TPSA) is 86.8 Å². The molecule has 2 heterocycles. The van der Waals surface area contributed by atoms with Gasteiger partial charge in [-0.05, 0) is 62.8 Å². The van der Waals surface area contributed by atoms with E-state index in [9.17, 15) is 18.0 Å². The Balaban J connectivity index is 1.35. The van der Waals surface area contributed by atoms with Crippen LogP contribution in [0.5, 0.6) is 0 Å². The molecule has 0 aromatic heterocycles. The molecule has 0 radical (unpaired) electrons. The van der Waals surface area contributed by atoms with E-state index < -0.39 is 10.0 Å². The number of carbonyl (C=O) groups excluding carboxylic acids is 2. The van der Waals surface area contributed by atoms with Gasteiger partial charge in [-0.2, -0.15) is 4.31 Å². The van der Waals surface area contributed by atoms with Crippen LogP contribution in [0.2, 0.25) is 0 Å². The van der Waals surface area contributed by atoms with Gasteiger partial charge >= 0.3 is 0 Å². The van der Waals surface area contributed by atoms with Crippen molar-refractivity contribution in [3.05, 3.63) is 29.8 Å². The molecule has 1 N–H and O–H groups in total. The van der Waals surface area contributed by atoms with Crippen LogP contribution in [-0.2, 0) is 14.8 Å². The van der Waals surface area contributed by atoms with Crippen LogP contribution in [0.1, 0.15) is 61.7 Å². The molecule has 0 atom stereocenters. The zero-order chi connectivity index (χ0) is 21.1. The minimum atomic E-state index is -3.51. The SMILES string of the molecule is O=C(NC1CC1)C1CCN(C(=O)c2ccc(S(=O)(=O)N3CCCCCC3)cc2)CC1. The summed E-state index contributed by atoms with van der Waals surface area (Å²) < 4.78 is 27.4. The number of amides is 2. The molecular weight excluding hydrogens is 402 g/mol. The molecule has 1 aromatic rings. The number of nitrogens with zero attached hydrogens (tertiary/aromatic N) is 2. The zero-order valence-corrected chi connectivity index (χ0v) is 18.2. The van der Waals surface area contributed by atoms with Crippen molar-refractivity contribution >= 4 is 21.8 Å². The van der Waals surface area contributed by atoms with E-state index in [1.165, 1.54) is 0 Å². The number of sulfonamides is 1. The van der Waals surface area contributed by atoms with Crippen molar-refractivity contribution in [2.45, 2.75) is 62.3 Å². The number of hydrogen-bond acceptors (Lipinski definition) is 4. The fourth-order valence-corrected chi connectivity index (χ4v) is 5.79. The lowest BCUT2D eigenvalue weighted by atomic mass is 9.95. The van der Waals surface area contributed by atoms with Crippen LogP contribution in [0.3, 0.4) is 0 Å². The standard InChI is InChI=1S/C22H31N3O4S/c26-21(23-19-7-8-19)17-11-15-24(16-12-17)22(27)18-5-9-20(10-6-18)30(28,29)25-13-3-1-2-4-14-25/h5-6,9-10,17,19H,1-4,7-8,11-16H2,(H,23,26). The molecule has 1 aromatic carbocycles. The smallest absolute Gasteiger partial charge is 0.253 e. The quantitative estimate of drug-likeness (QED) is 0.772. The zero-order valence-electron chi connectivity index (χ0n) is 17.4. The van der Waals surface area contributed by atoms with E-state index in [-0.39, 0.29) is 22.6 Å². The number of rotatable bonds is 5. The number of hydrogen-bond donors (Lipinski definition) is 1. The first-order valence-corrected chi connectivity index (χ1v) is 12.6. The van der Waals surface area contributed by atoms with Crippen molar-refractivity contribution in [1.29, 1.82) is 0 Å². The molecule has 7 nitrogen and oxygen atoms in total. The number of benzene rings is 1. The van der Waals surface area contributed by atoms with Gasteiger partial charge in [-0.3, -0.25) is 9.59 Å². The van der Waals surface area contributed by atoms with Gasteiger partial charge in [0.05, 0.1) is 4.90 Å². The van der Waals surface area contributed by atoms with Crippen LogP contribution in [0, 0.1) is 5.92 Å². The van der Waals surface area contributed by atoms with Gasteiger partial charge in [0.2, 0.25) is 15.9 Å². The monoisotopic (exact) mass is 433 g/mol. The lowest BCUT2D eigenvalue weighted by Crippen LogP contribution is -2.43. The molecule has 1 aliphatic carbocycles. The largest absolute Gasteiger partial charge is 0.353 e. The average molecular weight is 434 g/mol. The first-order valence-electron chi connectivity index (χ1n) is 11.1. The van der Waals surface area contributed by atoms with Gasteiger partial charge < -0.3 is 10.2 Å². The van der Waals surface area contributed by atoms with Gasteiger partial charge in [0, 0.05) is 43.7 Å². The van der Waals surface area contributed by atoms with E-state index in [2.05, 4.69) is 5.32 Å².